The molecule has 2 aromatic rings. The first-order chi connectivity index (χ1) is 14.9. The average Bonchev–Trinajstić information content (AvgIpc) is 2.77. The maximum Gasteiger partial charge on any atom is 0.243 e. The highest BCUT2D eigenvalue weighted by molar-refractivity contribution is 5.87. The topological polar surface area (TPSA) is 58.6 Å². The second-order valence-electron chi connectivity index (χ2n) is 8.02. The molecule has 0 saturated heterocycles. The molecule has 31 heavy (non-hydrogen) atoms. The van der Waals surface area contributed by atoms with Crippen LogP contribution in [0.25, 0.3) is 0 Å². The van der Waals surface area contributed by atoms with E-state index < -0.39 is 6.04 Å². The Morgan fingerprint density at radius 2 is 1.77 bits per heavy atom. The van der Waals surface area contributed by atoms with Crippen molar-refractivity contribution >= 4 is 11.8 Å². The standard InChI is InChI=1S/C26H36N2O3/c1-5-21(4)27-26(30)24(6-2)28(19-22-13-10-12-20(3)18-22)25(29)16-11-17-31-23-14-8-7-9-15-23/h7-10,12-15,18,21,24H,5-6,11,16-17,19H2,1-4H3,(H,27,30). The second kappa shape index (κ2) is 12.8. The molecule has 0 radical (unpaired) electrons. The molecule has 2 amide bonds. The average molecular weight is 425 g/mol. The van der Waals surface area contributed by atoms with Crippen molar-refractivity contribution in [2.75, 3.05) is 6.61 Å². The molecule has 2 unspecified atom stereocenters. The first-order valence-electron chi connectivity index (χ1n) is 11.3. The van der Waals surface area contributed by atoms with Crippen LogP contribution in [0.1, 0.15) is 57.6 Å². The van der Waals surface area contributed by atoms with Gasteiger partial charge in [0.25, 0.3) is 0 Å². The van der Waals surface area contributed by atoms with Gasteiger partial charge in [-0.1, -0.05) is 61.9 Å². The van der Waals surface area contributed by atoms with Gasteiger partial charge in [0.1, 0.15) is 11.8 Å². The SMILES string of the molecule is CCC(C)NC(=O)C(CC)N(Cc1cccc(C)c1)C(=O)CCCOc1ccccc1. The predicted molar refractivity (Wildman–Crippen MR) is 125 cm³/mol. The Hall–Kier alpha value is -2.82. The van der Waals surface area contributed by atoms with E-state index in [0.29, 0.717) is 32.4 Å². The Bertz CT molecular complexity index is 822. The molecule has 0 aliphatic heterocycles. The lowest BCUT2D eigenvalue weighted by molar-refractivity contribution is -0.141. The van der Waals surface area contributed by atoms with Crippen molar-refractivity contribution < 1.29 is 14.3 Å². The van der Waals surface area contributed by atoms with Crippen LogP contribution in [0.4, 0.5) is 0 Å². The Morgan fingerprint density at radius 3 is 2.42 bits per heavy atom. The molecule has 2 aromatic carbocycles. The largest absolute Gasteiger partial charge is 0.494 e. The number of carbonyl (C=O) groups excluding carboxylic acids is 2. The molecule has 0 heterocycles. The van der Waals surface area contributed by atoms with Gasteiger partial charge in [-0.25, -0.2) is 0 Å². The van der Waals surface area contributed by atoms with E-state index in [9.17, 15) is 9.59 Å². The molecule has 0 aromatic heterocycles. The van der Waals surface area contributed by atoms with Gasteiger partial charge in [-0.05, 0) is 50.8 Å². The number of nitrogens with one attached hydrogen (secondary N) is 1. The number of benzene rings is 2. The molecule has 5 nitrogen and oxygen atoms in total. The van der Waals surface area contributed by atoms with Crippen molar-refractivity contribution in [2.24, 2.45) is 0 Å². The number of nitrogens with zero attached hydrogens (tertiary/aromatic N) is 1. The number of rotatable bonds is 12. The predicted octanol–water partition coefficient (Wildman–Crippen LogP) is 4.88. The molecule has 2 atom stereocenters. The number of aryl methyl sites for hydroxylation is 1. The van der Waals surface area contributed by atoms with E-state index in [-0.39, 0.29) is 17.9 Å². The lowest BCUT2D eigenvalue weighted by Gasteiger charge is -2.31. The van der Waals surface area contributed by atoms with Crippen LogP contribution >= 0.6 is 0 Å². The van der Waals surface area contributed by atoms with E-state index in [4.69, 9.17) is 4.74 Å². The zero-order valence-corrected chi connectivity index (χ0v) is 19.3. The number of para-hydroxylation sites is 1. The summed E-state index contributed by atoms with van der Waals surface area (Å²) in [5.41, 5.74) is 2.17. The quantitative estimate of drug-likeness (QED) is 0.494. The summed E-state index contributed by atoms with van der Waals surface area (Å²) in [6, 6.07) is 17.3. The summed E-state index contributed by atoms with van der Waals surface area (Å²) in [5, 5.41) is 3.04. The Morgan fingerprint density at radius 1 is 1.03 bits per heavy atom. The number of amides is 2. The minimum atomic E-state index is -0.489. The van der Waals surface area contributed by atoms with Gasteiger partial charge < -0.3 is 15.0 Å². The molecule has 0 aliphatic carbocycles. The summed E-state index contributed by atoms with van der Waals surface area (Å²) in [4.78, 5) is 27.9. The third-order valence-electron chi connectivity index (χ3n) is 5.37. The highest BCUT2D eigenvalue weighted by Gasteiger charge is 2.28. The highest BCUT2D eigenvalue weighted by atomic mass is 16.5. The van der Waals surface area contributed by atoms with Gasteiger partial charge >= 0.3 is 0 Å². The van der Waals surface area contributed by atoms with Crippen LogP contribution < -0.4 is 10.1 Å². The summed E-state index contributed by atoms with van der Waals surface area (Å²) in [6.45, 7) is 8.89. The third-order valence-corrected chi connectivity index (χ3v) is 5.37. The summed E-state index contributed by atoms with van der Waals surface area (Å²) in [5.74, 6) is 0.689. The first kappa shape index (κ1) is 24.4. The van der Waals surface area contributed by atoms with Crippen LogP contribution in [-0.2, 0) is 16.1 Å². The van der Waals surface area contributed by atoms with Crippen LogP contribution in [0, 0.1) is 6.92 Å². The molecule has 0 bridgehead atoms. The number of hydrogen-bond acceptors (Lipinski definition) is 3. The van der Waals surface area contributed by atoms with Gasteiger partial charge in [-0.2, -0.15) is 0 Å². The Balaban J connectivity index is 2.07. The van der Waals surface area contributed by atoms with Crippen LogP contribution in [-0.4, -0.2) is 35.4 Å². The van der Waals surface area contributed by atoms with Gasteiger partial charge in [0.05, 0.1) is 6.61 Å². The molecule has 5 heteroatoms. The first-order valence-corrected chi connectivity index (χ1v) is 11.3. The van der Waals surface area contributed by atoms with Gasteiger partial charge in [-0.15, -0.1) is 0 Å². The third kappa shape index (κ3) is 8.08. The van der Waals surface area contributed by atoms with E-state index in [2.05, 4.69) is 11.4 Å². The molecule has 0 saturated carbocycles. The van der Waals surface area contributed by atoms with Crippen LogP contribution in [0.15, 0.2) is 54.6 Å². The molecule has 0 spiro atoms. The lowest BCUT2D eigenvalue weighted by Crippen LogP contribution is -2.50. The Kier molecular flexibility index (Phi) is 10.1. The van der Waals surface area contributed by atoms with Crippen molar-refractivity contribution in [2.45, 2.75) is 72.0 Å². The monoisotopic (exact) mass is 424 g/mol. The minimum Gasteiger partial charge on any atom is -0.494 e. The molecule has 168 valence electrons. The van der Waals surface area contributed by atoms with E-state index in [1.165, 1.54) is 0 Å². The van der Waals surface area contributed by atoms with Gasteiger partial charge in [0.15, 0.2) is 0 Å². The second-order valence-corrected chi connectivity index (χ2v) is 8.02. The minimum absolute atomic E-state index is 0.0238. The number of hydrogen-bond donors (Lipinski definition) is 1. The zero-order chi connectivity index (χ0) is 22.6. The fourth-order valence-electron chi connectivity index (χ4n) is 3.44. The van der Waals surface area contributed by atoms with Crippen LogP contribution in [0.5, 0.6) is 5.75 Å². The zero-order valence-electron chi connectivity index (χ0n) is 19.3. The lowest BCUT2D eigenvalue weighted by atomic mass is 10.1. The van der Waals surface area contributed by atoms with Crippen molar-refractivity contribution in [1.82, 2.24) is 10.2 Å². The normalized spacial score (nSPS) is 12.6. The maximum absolute atomic E-state index is 13.2. The van der Waals surface area contributed by atoms with E-state index in [1.807, 2.05) is 76.2 Å². The van der Waals surface area contributed by atoms with Crippen molar-refractivity contribution in [3.05, 3.63) is 65.7 Å². The van der Waals surface area contributed by atoms with Crippen molar-refractivity contribution in [3.8, 4) is 5.75 Å². The van der Waals surface area contributed by atoms with E-state index in [0.717, 1.165) is 23.3 Å². The number of carbonyl (C=O) groups is 2. The summed E-state index contributed by atoms with van der Waals surface area (Å²) in [7, 11) is 0. The molecule has 0 aliphatic rings. The van der Waals surface area contributed by atoms with Crippen LogP contribution in [0.2, 0.25) is 0 Å². The molecule has 2 rings (SSSR count). The fraction of sp³-hybridized carbons (Fsp3) is 0.462. The molecule has 0 fully saturated rings. The van der Waals surface area contributed by atoms with E-state index >= 15 is 0 Å². The summed E-state index contributed by atoms with van der Waals surface area (Å²) in [6.07, 6.45) is 2.36. The fourth-order valence-corrected chi connectivity index (χ4v) is 3.44. The molecule has 1 N–H and O–H groups in total. The van der Waals surface area contributed by atoms with Crippen molar-refractivity contribution in [3.63, 3.8) is 0 Å². The smallest absolute Gasteiger partial charge is 0.243 e. The van der Waals surface area contributed by atoms with E-state index in [1.54, 1.807) is 4.90 Å². The number of ether oxygens (including phenoxy) is 1. The Labute approximate surface area is 186 Å². The van der Waals surface area contributed by atoms with Crippen molar-refractivity contribution in [1.29, 1.82) is 0 Å². The summed E-state index contributed by atoms with van der Waals surface area (Å²) >= 11 is 0. The molecular weight excluding hydrogens is 388 g/mol. The summed E-state index contributed by atoms with van der Waals surface area (Å²) < 4.78 is 5.72. The highest BCUT2D eigenvalue weighted by Crippen LogP contribution is 2.16. The van der Waals surface area contributed by atoms with Crippen LogP contribution in [0.3, 0.4) is 0 Å². The van der Waals surface area contributed by atoms with Gasteiger partial charge in [0, 0.05) is 19.0 Å². The van der Waals surface area contributed by atoms with Gasteiger partial charge in [0.2, 0.25) is 11.8 Å². The maximum atomic E-state index is 13.2. The molecular formula is C26H36N2O3. The van der Waals surface area contributed by atoms with Gasteiger partial charge in [-0.3, -0.25) is 9.59 Å².